The Morgan fingerprint density at radius 2 is 1.89 bits per heavy atom. The van der Waals surface area contributed by atoms with E-state index in [4.69, 9.17) is 4.74 Å². The minimum Gasteiger partial charge on any atom is -0.497 e. The Morgan fingerprint density at radius 3 is 2.56 bits per heavy atom. The molecule has 0 fully saturated rings. The zero-order valence-electron chi connectivity index (χ0n) is 11.1. The lowest BCUT2D eigenvalue weighted by molar-refractivity contribution is 0.415. The van der Waals surface area contributed by atoms with Crippen LogP contribution in [0.4, 0.5) is 0 Å². The fourth-order valence-electron chi connectivity index (χ4n) is 2.10. The summed E-state index contributed by atoms with van der Waals surface area (Å²) in [5, 5.41) is 5.84. The highest BCUT2D eigenvalue weighted by molar-refractivity contribution is 7.98. The van der Waals surface area contributed by atoms with Crippen molar-refractivity contribution in [2.45, 2.75) is 6.04 Å². The third-order valence-electron chi connectivity index (χ3n) is 3.16. The molecule has 0 aliphatic carbocycles. The van der Waals surface area contributed by atoms with Gasteiger partial charge in [0, 0.05) is 11.8 Å². The van der Waals surface area contributed by atoms with Crippen molar-refractivity contribution in [2.24, 2.45) is 0 Å². The number of ether oxygens (including phenoxy) is 1. The first-order valence-electron chi connectivity index (χ1n) is 6.02. The second kappa shape index (κ2) is 6.12. The lowest BCUT2D eigenvalue weighted by Gasteiger charge is -2.16. The summed E-state index contributed by atoms with van der Waals surface area (Å²) >= 11 is 1.86. The van der Waals surface area contributed by atoms with E-state index in [1.165, 1.54) is 16.3 Å². The van der Waals surface area contributed by atoms with Crippen molar-refractivity contribution in [1.29, 1.82) is 0 Å². The number of thioether (sulfide) groups is 1. The van der Waals surface area contributed by atoms with Gasteiger partial charge >= 0.3 is 0 Å². The first kappa shape index (κ1) is 13.2. The van der Waals surface area contributed by atoms with Crippen LogP contribution in [0.1, 0.15) is 11.6 Å². The lowest BCUT2D eigenvalue weighted by atomic mass is 10.0. The van der Waals surface area contributed by atoms with Crippen LogP contribution in [0.3, 0.4) is 0 Å². The van der Waals surface area contributed by atoms with Gasteiger partial charge in [0.25, 0.3) is 0 Å². The van der Waals surface area contributed by atoms with Crippen molar-refractivity contribution in [2.75, 3.05) is 26.2 Å². The summed E-state index contributed by atoms with van der Waals surface area (Å²) in [4.78, 5) is 0. The van der Waals surface area contributed by atoms with Crippen LogP contribution in [0.15, 0.2) is 36.4 Å². The Morgan fingerprint density at radius 1 is 1.17 bits per heavy atom. The summed E-state index contributed by atoms with van der Waals surface area (Å²) in [5.74, 6) is 1.99. The molecule has 0 spiro atoms. The van der Waals surface area contributed by atoms with Crippen LogP contribution in [0, 0.1) is 0 Å². The molecule has 0 saturated carbocycles. The standard InChI is InChI=1S/C15H19NOS/c1-16-15(10-18-3)13-5-4-12-9-14(17-2)7-6-11(12)8-13/h4-9,15-16H,10H2,1-3H3. The van der Waals surface area contributed by atoms with E-state index in [1.54, 1.807) is 7.11 Å². The number of hydrogen-bond acceptors (Lipinski definition) is 3. The molecule has 1 atom stereocenters. The van der Waals surface area contributed by atoms with E-state index in [2.05, 4.69) is 41.9 Å². The van der Waals surface area contributed by atoms with Crippen LogP contribution in [-0.2, 0) is 0 Å². The van der Waals surface area contributed by atoms with Gasteiger partial charge in [0.2, 0.25) is 0 Å². The summed E-state index contributed by atoms with van der Waals surface area (Å²) in [6, 6.07) is 13.2. The quantitative estimate of drug-likeness (QED) is 0.890. The first-order chi connectivity index (χ1) is 8.78. The van der Waals surface area contributed by atoms with Crippen molar-refractivity contribution in [3.05, 3.63) is 42.0 Å². The van der Waals surface area contributed by atoms with E-state index in [0.717, 1.165) is 11.5 Å². The summed E-state index contributed by atoms with van der Waals surface area (Å²) < 4.78 is 5.24. The summed E-state index contributed by atoms with van der Waals surface area (Å²) in [5.41, 5.74) is 1.34. The van der Waals surface area contributed by atoms with E-state index >= 15 is 0 Å². The first-order valence-corrected chi connectivity index (χ1v) is 7.41. The monoisotopic (exact) mass is 261 g/mol. The molecule has 0 aliphatic rings. The van der Waals surface area contributed by atoms with E-state index in [9.17, 15) is 0 Å². The smallest absolute Gasteiger partial charge is 0.119 e. The Bertz CT molecular complexity index is 527. The maximum absolute atomic E-state index is 5.24. The predicted molar refractivity (Wildman–Crippen MR) is 80.7 cm³/mol. The van der Waals surface area contributed by atoms with Gasteiger partial charge in [0.05, 0.1) is 7.11 Å². The molecule has 2 aromatic rings. The van der Waals surface area contributed by atoms with E-state index in [0.29, 0.717) is 6.04 Å². The molecule has 2 rings (SSSR count). The van der Waals surface area contributed by atoms with Crippen molar-refractivity contribution in [1.82, 2.24) is 5.32 Å². The Hall–Kier alpha value is -1.19. The molecule has 0 radical (unpaired) electrons. The molecule has 0 amide bonds. The number of fused-ring (bicyclic) bond motifs is 1. The maximum atomic E-state index is 5.24. The van der Waals surface area contributed by atoms with Crippen molar-refractivity contribution in [3.8, 4) is 5.75 Å². The molecule has 0 saturated heterocycles. The molecule has 0 aromatic heterocycles. The van der Waals surface area contributed by atoms with Crippen LogP contribution in [0.2, 0.25) is 0 Å². The average molecular weight is 261 g/mol. The molecule has 0 bridgehead atoms. The molecule has 96 valence electrons. The number of benzene rings is 2. The fraction of sp³-hybridized carbons (Fsp3) is 0.333. The van der Waals surface area contributed by atoms with Gasteiger partial charge < -0.3 is 10.1 Å². The molecule has 1 unspecified atom stereocenters. The van der Waals surface area contributed by atoms with Gasteiger partial charge in [-0.15, -0.1) is 0 Å². The van der Waals surface area contributed by atoms with Crippen molar-refractivity contribution >= 4 is 22.5 Å². The second-order valence-electron chi connectivity index (χ2n) is 4.27. The molecular weight excluding hydrogens is 242 g/mol. The zero-order valence-corrected chi connectivity index (χ0v) is 11.9. The van der Waals surface area contributed by atoms with Crippen molar-refractivity contribution < 1.29 is 4.74 Å². The number of rotatable bonds is 5. The molecule has 18 heavy (non-hydrogen) atoms. The SMILES string of the molecule is CNC(CSC)c1ccc2cc(OC)ccc2c1. The molecule has 2 aromatic carbocycles. The molecule has 0 heterocycles. The number of hydrogen-bond donors (Lipinski definition) is 1. The maximum Gasteiger partial charge on any atom is 0.119 e. The predicted octanol–water partition coefficient (Wildman–Crippen LogP) is 3.47. The van der Waals surface area contributed by atoms with Gasteiger partial charge in [-0.2, -0.15) is 11.8 Å². The Kier molecular flexibility index (Phi) is 4.50. The minimum absolute atomic E-state index is 0.409. The molecule has 1 N–H and O–H groups in total. The van der Waals surface area contributed by atoms with Crippen molar-refractivity contribution in [3.63, 3.8) is 0 Å². The van der Waals surface area contributed by atoms with E-state index in [1.807, 2.05) is 24.9 Å². The zero-order chi connectivity index (χ0) is 13.0. The van der Waals surface area contributed by atoms with Gasteiger partial charge in [-0.3, -0.25) is 0 Å². The molecule has 3 heteroatoms. The van der Waals surface area contributed by atoms with Gasteiger partial charge in [-0.05, 0) is 47.8 Å². The highest BCUT2D eigenvalue weighted by atomic mass is 32.2. The molecule has 0 aliphatic heterocycles. The van der Waals surface area contributed by atoms with Crippen LogP contribution >= 0.6 is 11.8 Å². The number of methoxy groups -OCH3 is 1. The van der Waals surface area contributed by atoms with Gasteiger partial charge in [0.15, 0.2) is 0 Å². The summed E-state index contributed by atoms with van der Waals surface area (Å²) in [7, 11) is 3.71. The van der Waals surface area contributed by atoms with Gasteiger partial charge in [0.1, 0.15) is 5.75 Å². The lowest BCUT2D eigenvalue weighted by Crippen LogP contribution is -2.18. The van der Waals surface area contributed by atoms with Crippen LogP contribution in [0.5, 0.6) is 5.75 Å². The highest BCUT2D eigenvalue weighted by Gasteiger charge is 2.08. The van der Waals surface area contributed by atoms with Crippen LogP contribution in [-0.4, -0.2) is 26.2 Å². The summed E-state index contributed by atoms with van der Waals surface area (Å²) in [6.07, 6.45) is 2.14. The molecular formula is C15H19NOS. The van der Waals surface area contributed by atoms with E-state index < -0.39 is 0 Å². The topological polar surface area (TPSA) is 21.3 Å². The fourth-order valence-corrected chi connectivity index (χ4v) is 2.79. The Balaban J connectivity index is 2.37. The third-order valence-corrected chi connectivity index (χ3v) is 3.82. The van der Waals surface area contributed by atoms with Gasteiger partial charge in [-0.1, -0.05) is 18.2 Å². The number of nitrogens with one attached hydrogen (secondary N) is 1. The largest absolute Gasteiger partial charge is 0.497 e. The normalized spacial score (nSPS) is 12.6. The van der Waals surface area contributed by atoms with Gasteiger partial charge in [-0.25, -0.2) is 0 Å². The third kappa shape index (κ3) is 2.79. The highest BCUT2D eigenvalue weighted by Crippen LogP contribution is 2.25. The summed E-state index contributed by atoms with van der Waals surface area (Å²) in [6.45, 7) is 0. The average Bonchev–Trinajstić information content (AvgIpc) is 2.43. The molecule has 2 nitrogen and oxygen atoms in total. The van der Waals surface area contributed by atoms with Crippen LogP contribution < -0.4 is 10.1 Å². The minimum atomic E-state index is 0.409. The van der Waals surface area contributed by atoms with Crippen LogP contribution in [0.25, 0.3) is 10.8 Å². The Labute approximate surface area is 113 Å². The van der Waals surface area contributed by atoms with E-state index in [-0.39, 0.29) is 0 Å². The second-order valence-corrected chi connectivity index (χ2v) is 5.18.